The van der Waals surface area contributed by atoms with Crippen LogP contribution in [0.1, 0.15) is 86.3 Å². The number of aromatic nitrogens is 2. The van der Waals surface area contributed by atoms with Gasteiger partial charge in [-0.2, -0.15) is 0 Å². The number of nitrogens with zero attached hydrogens (tertiary/aromatic N) is 1. The zero-order chi connectivity index (χ0) is 52.5. The minimum Gasteiger partial charge on any atom is -0.481 e. The quantitative estimate of drug-likeness (QED) is 0.0236. The lowest BCUT2D eigenvalue weighted by Gasteiger charge is -2.28. The largest absolute Gasteiger partial charge is 0.481 e. The highest BCUT2D eigenvalue weighted by Crippen LogP contribution is 2.10. The summed E-state index contributed by atoms with van der Waals surface area (Å²) in [4.78, 5) is 148. The average Bonchev–Trinajstić information content (AvgIpc) is 3.78. The monoisotopic (exact) mass is 983 g/mol. The van der Waals surface area contributed by atoms with E-state index in [1.54, 1.807) is 27.7 Å². The first kappa shape index (κ1) is 60.2. The Balaban J connectivity index is 3.24. The van der Waals surface area contributed by atoms with Crippen molar-refractivity contribution in [2.45, 2.75) is 142 Å². The highest BCUT2D eigenvalue weighted by molar-refractivity contribution is 5.98. The summed E-state index contributed by atoms with van der Waals surface area (Å²) in [5.41, 5.74) is 11.5. The molecule has 28 heteroatoms. The van der Waals surface area contributed by atoms with Gasteiger partial charge < -0.3 is 79.6 Å². The van der Waals surface area contributed by atoms with Gasteiger partial charge in [0.1, 0.15) is 54.6 Å². The summed E-state index contributed by atoms with van der Waals surface area (Å²) in [6.07, 6.45) is 0.761. The zero-order valence-electron chi connectivity index (χ0n) is 39.8. The molecule has 0 saturated carbocycles. The van der Waals surface area contributed by atoms with Crippen LogP contribution in [0.5, 0.6) is 0 Å². The summed E-state index contributed by atoms with van der Waals surface area (Å²) in [6, 6.07) is -11.3. The number of carbonyl (C=O) groups is 11. The molecule has 0 bridgehead atoms. The van der Waals surface area contributed by atoms with Crippen LogP contribution in [-0.2, 0) is 59.2 Å². The number of imidazole rings is 1. The van der Waals surface area contributed by atoms with Gasteiger partial charge in [0.05, 0.1) is 19.5 Å². The van der Waals surface area contributed by atoms with Crippen molar-refractivity contribution in [3.05, 3.63) is 18.2 Å². The van der Waals surface area contributed by atoms with Crippen LogP contribution in [0.15, 0.2) is 12.5 Å². The Morgan fingerprint density at radius 1 is 0.652 bits per heavy atom. The lowest BCUT2D eigenvalue weighted by Crippen LogP contribution is -2.60. The Hall–Kier alpha value is -6.78. The van der Waals surface area contributed by atoms with Gasteiger partial charge >= 0.3 is 11.9 Å². The molecule has 388 valence electrons. The van der Waals surface area contributed by atoms with E-state index in [1.807, 2.05) is 0 Å². The summed E-state index contributed by atoms with van der Waals surface area (Å²) < 4.78 is 0. The number of aliphatic carboxylic acids is 2. The topological polar surface area (TPSA) is 449 Å². The molecule has 0 radical (unpaired) electrons. The number of H-pyrrole nitrogens is 1. The molecular weight excluding hydrogens is 913 g/mol. The number of hydrogen-bond acceptors (Lipinski definition) is 16. The Bertz CT molecular complexity index is 1920. The Kier molecular flexibility index (Phi) is 26.7. The Morgan fingerprint density at radius 3 is 1.65 bits per heavy atom. The number of carbonyl (C=O) groups excluding carboxylic acids is 9. The molecular formula is C41H70N14O14. The Labute approximate surface area is 398 Å². The number of carboxylic acid groups (broad SMARTS) is 2. The molecule has 0 aliphatic rings. The highest BCUT2D eigenvalue weighted by Gasteiger charge is 2.35. The summed E-state index contributed by atoms with van der Waals surface area (Å²) in [5.74, 6) is -11.2. The molecule has 9 amide bonds. The molecule has 18 N–H and O–H groups in total. The van der Waals surface area contributed by atoms with E-state index in [0.717, 1.165) is 6.92 Å². The number of amides is 9. The van der Waals surface area contributed by atoms with Crippen molar-refractivity contribution in [1.29, 1.82) is 0 Å². The molecule has 8 atom stereocenters. The normalized spacial score (nSPS) is 14.6. The van der Waals surface area contributed by atoms with Crippen molar-refractivity contribution in [3.63, 3.8) is 0 Å². The second kappa shape index (κ2) is 30.6. The molecule has 0 aromatic carbocycles. The van der Waals surface area contributed by atoms with Gasteiger partial charge in [-0.1, -0.05) is 27.7 Å². The molecule has 1 heterocycles. The summed E-state index contributed by atoms with van der Waals surface area (Å²) >= 11 is 0. The van der Waals surface area contributed by atoms with Gasteiger partial charge in [-0.05, 0) is 57.9 Å². The van der Waals surface area contributed by atoms with E-state index in [-0.39, 0.29) is 38.1 Å². The Morgan fingerprint density at radius 2 is 1.17 bits per heavy atom. The molecule has 0 fully saturated rings. The third kappa shape index (κ3) is 23.7. The van der Waals surface area contributed by atoms with Gasteiger partial charge in [0, 0.05) is 31.7 Å². The fourth-order valence-electron chi connectivity index (χ4n) is 6.22. The third-order valence-electron chi connectivity index (χ3n) is 9.98. The molecule has 0 aliphatic carbocycles. The molecule has 28 nitrogen and oxygen atoms in total. The van der Waals surface area contributed by atoms with E-state index >= 15 is 0 Å². The summed E-state index contributed by atoms with van der Waals surface area (Å²) in [5, 5.41) is 53.1. The first-order chi connectivity index (χ1) is 32.2. The molecule has 1 rings (SSSR count). The van der Waals surface area contributed by atoms with Crippen LogP contribution in [0.25, 0.3) is 0 Å². The van der Waals surface area contributed by atoms with Crippen LogP contribution in [0, 0.1) is 11.8 Å². The van der Waals surface area contributed by atoms with Crippen LogP contribution < -0.4 is 64.6 Å². The predicted molar refractivity (Wildman–Crippen MR) is 243 cm³/mol. The predicted octanol–water partition coefficient (Wildman–Crippen LogP) is -5.78. The zero-order valence-corrected chi connectivity index (χ0v) is 39.8. The highest BCUT2D eigenvalue weighted by atomic mass is 16.4. The number of carboxylic acids is 2. The number of aliphatic hydroxyl groups is 1. The van der Waals surface area contributed by atoms with Gasteiger partial charge in [0.15, 0.2) is 0 Å². The molecule has 1 aromatic rings. The molecule has 0 spiro atoms. The second-order valence-corrected chi connectivity index (χ2v) is 17.0. The van der Waals surface area contributed by atoms with E-state index in [9.17, 15) is 68.1 Å². The van der Waals surface area contributed by atoms with Crippen LogP contribution in [0.4, 0.5) is 0 Å². The second-order valence-electron chi connectivity index (χ2n) is 17.0. The molecule has 0 saturated heterocycles. The van der Waals surface area contributed by atoms with Gasteiger partial charge in [-0.3, -0.25) is 53.3 Å². The fourth-order valence-corrected chi connectivity index (χ4v) is 6.22. The molecule has 1 aromatic heterocycles. The van der Waals surface area contributed by atoms with E-state index in [1.165, 1.54) is 26.4 Å². The van der Waals surface area contributed by atoms with Crippen molar-refractivity contribution in [2.75, 3.05) is 19.7 Å². The number of aromatic amines is 1. The van der Waals surface area contributed by atoms with Gasteiger partial charge in [0.2, 0.25) is 53.2 Å². The van der Waals surface area contributed by atoms with E-state index < -0.39 is 152 Å². The number of nitrogens with one attached hydrogen (secondary N) is 11. The third-order valence-corrected chi connectivity index (χ3v) is 9.98. The summed E-state index contributed by atoms with van der Waals surface area (Å²) in [6.45, 7) is 9.12. The number of hydrogen-bond donors (Lipinski definition) is 16. The SMILES string of the molecule is CC(=O)NCC(=O)N[C@@H](CO)C(=O)N[C@@H](C)C(=O)N[C@@H](CCCNC(N)N)C(=O)N[C@@H](C)C(=O)N[C@@H](CCC(=O)O)C(=O)N[C@H](C(=O)N[C@@H](Cc1cnc[nH]1)C(=O)N[C@@H](CC(C)C)C(=O)O)C(C)C. The molecule has 69 heavy (non-hydrogen) atoms. The summed E-state index contributed by atoms with van der Waals surface area (Å²) in [7, 11) is 0. The van der Waals surface area contributed by atoms with Crippen molar-refractivity contribution < 1.29 is 68.1 Å². The lowest BCUT2D eigenvalue weighted by atomic mass is 10.00. The van der Waals surface area contributed by atoms with Crippen LogP contribution in [-0.4, -0.2) is 165 Å². The minimum absolute atomic E-state index is 0.0738. The average molecular weight is 983 g/mol. The minimum atomic E-state index is -1.59. The number of aliphatic hydroxyl groups excluding tert-OH is 1. The molecule has 0 aliphatic heterocycles. The standard InChI is InChI=1S/C41H70N14O14/c1-19(2)13-28(40(68)69)54-37(65)27(14-24-15-44-18-47-24)53-39(67)32(20(3)4)55-36(64)26(10-11-31(59)60)52-34(62)21(5)48-35(63)25(9-8-12-45-41(42)43)51-33(61)22(6)49-38(66)29(17-56)50-30(58)16-46-23(7)57/h15,18-22,25-29,32,41,45,56H,8-14,16-17,42-43H2,1-7H3,(H,44,47)(H,46,57)(H,48,63)(H,49,66)(H,50,58)(H,51,61)(H,52,62)(H,53,67)(H,54,65)(H,55,64)(H,59,60)(H,68,69)/t21-,22-,25-,26-,27-,28-,29-,32-/m0/s1. The molecule has 0 unspecified atom stereocenters. The van der Waals surface area contributed by atoms with Crippen LogP contribution >= 0.6 is 0 Å². The van der Waals surface area contributed by atoms with Gasteiger partial charge in [0.25, 0.3) is 0 Å². The first-order valence-electron chi connectivity index (χ1n) is 22.2. The lowest BCUT2D eigenvalue weighted by molar-refractivity contribution is -0.143. The maximum atomic E-state index is 13.8. The van der Waals surface area contributed by atoms with E-state index in [2.05, 4.69) is 63.1 Å². The van der Waals surface area contributed by atoms with Gasteiger partial charge in [-0.15, -0.1) is 0 Å². The smallest absolute Gasteiger partial charge is 0.326 e. The van der Waals surface area contributed by atoms with E-state index in [4.69, 9.17) is 11.5 Å². The van der Waals surface area contributed by atoms with Crippen LogP contribution in [0.3, 0.4) is 0 Å². The van der Waals surface area contributed by atoms with Crippen molar-refractivity contribution in [1.82, 2.24) is 63.1 Å². The number of nitrogens with two attached hydrogens (primary N) is 2. The van der Waals surface area contributed by atoms with Crippen molar-refractivity contribution in [2.24, 2.45) is 23.3 Å². The maximum absolute atomic E-state index is 13.8. The van der Waals surface area contributed by atoms with E-state index in [0.29, 0.717) is 5.69 Å². The van der Waals surface area contributed by atoms with Crippen molar-refractivity contribution in [3.8, 4) is 0 Å². The first-order valence-corrected chi connectivity index (χ1v) is 22.2. The van der Waals surface area contributed by atoms with Crippen LogP contribution in [0.2, 0.25) is 0 Å². The fraction of sp³-hybridized carbons (Fsp3) is 0.659. The maximum Gasteiger partial charge on any atom is 0.326 e. The van der Waals surface area contributed by atoms with Crippen molar-refractivity contribution >= 4 is 65.1 Å². The number of rotatable bonds is 32. The van der Waals surface area contributed by atoms with Gasteiger partial charge in [-0.25, -0.2) is 9.78 Å².